The molecule has 116 valence electrons. The van der Waals surface area contributed by atoms with E-state index in [4.69, 9.17) is 0 Å². The molecule has 0 aliphatic carbocycles. The Hall–Kier alpha value is -1.66. The number of fused-ring (bicyclic) bond motifs is 3. The predicted octanol–water partition coefficient (Wildman–Crippen LogP) is 2.52. The van der Waals surface area contributed by atoms with Crippen LogP contribution in [0.1, 0.15) is 30.1 Å². The molecule has 4 heterocycles. The van der Waals surface area contributed by atoms with Gasteiger partial charge in [-0.1, -0.05) is 6.58 Å². The summed E-state index contributed by atoms with van der Waals surface area (Å²) in [6.45, 7) is 9.53. The van der Waals surface area contributed by atoms with Gasteiger partial charge in [0, 0.05) is 17.3 Å². The van der Waals surface area contributed by atoms with E-state index in [9.17, 15) is 0 Å². The van der Waals surface area contributed by atoms with E-state index >= 15 is 0 Å². The fraction of sp³-hybridized carbons (Fsp3) is 0.500. The van der Waals surface area contributed by atoms with Crippen molar-refractivity contribution in [2.24, 2.45) is 0 Å². The molecule has 2 aromatic heterocycles. The molecule has 0 amide bonds. The number of hydrogen-bond acceptors (Lipinski definition) is 5. The summed E-state index contributed by atoms with van der Waals surface area (Å²) in [5, 5.41) is 12.0. The number of nitrogens with zero attached hydrogens (tertiary/aromatic N) is 5. The van der Waals surface area contributed by atoms with Gasteiger partial charge in [-0.15, -0.1) is 21.5 Å². The third kappa shape index (κ3) is 2.09. The topological polar surface area (TPSA) is 37.2 Å². The largest absolute Gasteiger partial charge is 0.361 e. The lowest BCUT2D eigenvalue weighted by molar-refractivity contribution is 0.163. The SMILES string of the molecule is C=C1c2ccsc2-n2c(C)nnc2CN1C1CCN(C)CC1. The fourth-order valence-electron chi connectivity index (χ4n) is 3.53. The van der Waals surface area contributed by atoms with Crippen molar-refractivity contribution in [1.82, 2.24) is 24.6 Å². The summed E-state index contributed by atoms with van der Waals surface area (Å²) in [4.78, 5) is 4.85. The molecular weight excluding hydrogens is 294 g/mol. The lowest BCUT2D eigenvalue weighted by Crippen LogP contribution is -2.42. The van der Waals surface area contributed by atoms with Crippen molar-refractivity contribution in [3.63, 3.8) is 0 Å². The van der Waals surface area contributed by atoms with Crippen molar-refractivity contribution < 1.29 is 0 Å². The van der Waals surface area contributed by atoms with E-state index in [0.717, 1.165) is 37.0 Å². The molecule has 0 unspecified atom stereocenters. The Labute approximate surface area is 134 Å². The molecule has 2 aromatic rings. The number of piperidine rings is 1. The lowest BCUT2D eigenvalue weighted by atomic mass is 10.0. The number of hydrogen-bond donors (Lipinski definition) is 0. The van der Waals surface area contributed by atoms with Crippen molar-refractivity contribution in [3.8, 4) is 5.00 Å². The molecule has 0 N–H and O–H groups in total. The third-order valence-corrected chi connectivity index (χ3v) is 5.74. The second kappa shape index (κ2) is 5.21. The van der Waals surface area contributed by atoms with Crippen LogP contribution in [0.3, 0.4) is 0 Å². The smallest absolute Gasteiger partial charge is 0.157 e. The molecule has 0 bridgehead atoms. The first-order chi connectivity index (χ1) is 10.6. The van der Waals surface area contributed by atoms with E-state index in [1.54, 1.807) is 11.3 Å². The van der Waals surface area contributed by atoms with Gasteiger partial charge in [0.15, 0.2) is 5.82 Å². The zero-order valence-electron chi connectivity index (χ0n) is 13.1. The molecule has 2 aliphatic rings. The van der Waals surface area contributed by atoms with E-state index in [1.165, 1.54) is 23.4 Å². The summed E-state index contributed by atoms with van der Waals surface area (Å²) >= 11 is 1.74. The highest BCUT2D eigenvalue weighted by Gasteiger charge is 2.31. The van der Waals surface area contributed by atoms with E-state index in [1.807, 2.05) is 6.92 Å². The molecule has 0 spiro atoms. The summed E-state index contributed by atoms with van der Waals surface area (Å²) in [5.74, 6) is 1.98. The van der Waals surface area contributed by atoms with E-state index in [-0.39, 0.29) is 0 Å². The highest BCUT2D eigenvalue weighted by Crippen LogP contribution is 2.37. The van der Waals surface area contributed by atoms with Gasteiger partial charge in [-0.3, -0.25) is 4.57 Å². The lowest BCUT2D eigenvalue weighted by Gasteiger charge is -2.38. The molecule has 1 saturated heterocycles. The molecule has 2 aliphatic heterocycles. The fourth-order valence-corrected chi connectivity index (χ4v) is 4.51. The zero-order valence-corrected chi connectivity index (χ0v) is 13.9. The number of rotatable bonds is 1. The van der Waals surface area contributed by atoms with Crippen LogP contribution in [0.15, 0.2) is 18.0 Å². The van der Waals surface area contributed by atoms with Crippen molar-refractivity contribution in [2.75, 3.05) is 20.1 Å². The summed E-state index contributed by atoms with van der Waals surface area (Å²) in [6, 6.07) is 2.72. The molecular formula is C16H21N5S. The molecule has 0 radical (unpaired) electrons. The van der Waals surface area contributed by atoms with Gasteiger partial charge < -0.3 is 9.80 Å². The average molecular weight is 315 g/mol. The van der Waals surface area contributed by atoms with Crippen molar-refractivity contribution >= 4 is 17.0 Å². The predicted molar refractivity (Wildman–Crippen MR) is 89.1 cm³/mol. The first kappa shape index (κ1) is 14.0. The minimum Gasteiger partial charge on any atom is -0.361 e. The van der Waals surface area contributed by atoms with Gasteiger partial charge in [0.1, 0.15) is 10.8 Å². The molecule has 0 atom stereocenters. The van der Waals surface area contributed by atoms with Crippen LogP contribution < -0.4 is 0 Å². The van der Waals surface area contributed by atoms with Crippen LogP contribution in [-0.2, 0) is 6.54 Å². The van der Waals surface area contributed by atoms with E-state index < -0.39 is 0 Å². The average Bonchev–Trinajstić information content (AvgIpc) is 3.09. The minimum atomic E-state index is 0.542. The normalized spacial score (nSPS) is 19.9. The Kier molecular flexibility index (Phi) is 3.31. The van der Waals surface area contributed by atoms with Crippen LogP contribution in [0.2, 0.25) is 0 Å². The second-order valence-electron chi connectivity index (χ2n) is 6.25. The molecule has 0 aromatic carbocycles. The number of aromatic nitrogens is 3. The minimum absolute atomic E-state index is 0.542. The monoisotopic (exact) mass is 315 g/mol. The molecule has 4 rings (SSSR count). The van der Waals surface area contributed by atoms with Gasteiger partial charge in [0.25, 0.3) is 0 Å². The number of likely N-dealkylation sites (tertiary alicyclic amines) is 1. The maximum atomic E-state index is 4.42. The first-order valence-electron chi connectivity index (χ1n) is 7.78. The van der Waals surface area contributed by atoms with Crippen LogP contribution in [0.25, 0.3) is 10.7 Å². The van der Waals surface area contributed by atoms with Gasteiger partial charge in [0.2, 0.25) is 0 Å². The Bertz CT molecular complexity index is 708. The standard InChI is InChI=1S/C16H21N5S/c1-11-14-6-9-22-16(14)21-12(2)17-18-15(21)10-20(11)13-4-7-19(3)8-5-13/h6,9,13H,1,4-5,7-8,10H2,2-3H3. The van der Waals surface area contributed by atoms with Crippen LogP contribution >= 0.6 is 11.3 Å². The van der Waals surface area contributed by atoms with E-state index in [2.05, 4.69) is 49.6 Å². The van der Waals surface area contributed by atoms with Gasteiger partial charge in [-0.25, -0.2) is 0 Å². The van der Waals surface area contributed by atoms with Crippen LogP contribution in [0, 0.1) is 6.92 Å². The van der Waals surface area contributed by atoms with Gasteiger partial charge in [-0.05, 0) is 51.3 Å². The highest BCUT2D eigenvalue weighted by atomic mass is 32.1. The van der Waals surface area contributed by atoms with Crippen LogP contribution in [-0.4, -0.2) is 50.7 Å². The first-order valence-corrected chi connectivity index (χ1v) is 8.66. The van der Waals surface area contributed by atoms with Crippen molar-refractivity contribution in [3.05, 3.63) is 35.2 Å². The summed E-state index contributed by atoms with van der Waals surface area (Å²) in [6.07, 6.45) is 2.37. The number of aryl methyl sites for hydroxylation is 1. The molecule has 5 nitrogen and oxygen atoms in total. The Morgan fingerprint density at radius 1 is 1.27 bits per heavy atom. The highest BCUT2D eigenvalue weighted by molar-refractivity contribution is 7.12. The second-order valence-corrected chi connectivity index (χ2v) is 7.14. The summed E-state index contributed by atoms with van der Waals surface area (Å²) < 4.78 is 2.19. The van der Waals surface area contributed by atoms with Gasteiger partial charge in [0.05, 0.1) is 6.54 Å². The third-order valence-electron chi connectivity index (χ3n) is 4.84. The van der Waals surface area contributed by atoms with Gasteiger partial charge >= 0.3 is 0 Å². The Balaban J connectivity index is 1.76. The zero-order chi connectivity index (χ0) is 15.3. The number of thiophene rings is 1. The molecule has 1 fully saturated rings. The van der Waals surface area contributed by atoms with Crippen molar-refractivity contribution in [1.29, 1.82) is 0 Å². The maximum absolute atomic E-state index is 4.42. The van der Waals surface area contributed by atoms with Gasteiger partial charge in [-0.2, -0.15) is 0 Å². The molecule has 22 heavy (non-hydrogen) atoms. The van der Waals surface area contributed by atoms with Crippen LogP contribution in [0.4, 0.5) is 0 Å². The van der Waals surface area contributed by atoms with E-state index in [0.29, 0.717) is 6.04 Å². The maximum Gasteiger partial charge on any atom is 0.157 e. The Morgan fingerprint density at radius 2 is 2.05 bits per heavy atom. The molecule has 6 heteroatoms. The quantitative estimate of drug-likeness (QED) is 0.810. The Morgan fingerprint density at radius 3 is 2.82 bits per heavy atom. The summed E-state index contributed by atoms with van der Waals surface area (Å²) in [5.41, 5.74) is 2.36. The van der Waals surface area contributed by atoms with Crippen molar-refractivity contribution in [2.45, 2.75) is 32.4 Å². The summed E-state index contributed by atoms with van der Waals surface area (Å²) in [7, 11) is 2.20. The van der Waals surface area contributed by atoms with Crippen LogP contribution in [0.5, 0.6) is 0 Å². The molecule has 0 saturated carbocycles.